The highest BCUT2D eigenvalue weighted by molar-refractivity contribution is 4.81. The monoisotopic (exact) mass is 155 g/mol. The molecule has 0 amide bonds. The Morgan fingerprint density at radius 3 is 2.91 bits per heavy atom. The van der Waals surface area contributed by atoms with Gasteiger partial charge in [0.25, 0.3) is 0 Å². The number of hydrogen-bond acceptors (Lipinski definition) is 2. The van der Waals surface area contributed by atoms with E-state index < -0.39 is 0 Å². The van der Waals surface area contributed by atoms with E-state index in [4.69, 9.17) is 10.3 Å². The molecule has 62 valence electrons. The second kappa shape index (κ2) is 3.11. The molecule has 0 bridgehead atoms. The highest BCUT2D eigenvalue weighted by Gasteiger charge is 2.31. The van der Waals surface area contributed by atoms with Gasteiger partial charge in [0.05, 0.1) is 12.2 Å². The van der Waals surface area contributed by atoms with Crippen LogP contribution < -0.4 is 0 Å². The topological polar surface area (TPSA) is 58.0 Å². The lowest BCUT2D eigenvalue weighted by atomic mass is 9.98. The summed E-state index contributed by atoms with van der Waals surface area (Å²) in [5.74, 6) is 0.417. The van der Waals surface area contributed by atoms with Crippen molar-refractivity contribution in [2.24, 2.45) is 11.0 Å². The first-order valence-corrected chi connectivity index (χ1v) is 3.79. The molecule has 1 atom stereocenters. The fraction of sp³-hybridized carbons (Fsp3) is 1.00. The molecule has 0 saturated carbocycles. The fourth-order valence-corrected chi connectivity index (χ4v) is 1.43. The van der Waals surface area contributed by atoms with Gasteiger partial charge in [0.2, 0.25) is 0 Å². The average Bonchev–Trinajstić information content (AvgIpc) is 2.26. The summed E-state index contributed by atoms with van der Waals surface area (Å²) in [6.45, 7) is 5.41. The molecule has 0 radical (unpaired) electrons. The van der Waals surface area contributed by atoms with Crippen LogP contribution in [-0.2, 0) is 4.74 Å². The van der Waals surface area contributed by atoms with Gasteiger partial charge in [0.15, 0.2) is 0 Å². The zero-order valence-corrected chi connectivity index (χ0v) is 6.95. The predicted molar refractivity (Wildman–Crippen MR) is 42.2 cm³/mol. The summed E-state index contributed by atoms with van der Waals surface area (Å²) in [6.07, 6.45) is 0.992. The normalized spacial score (nSPS) is 28.0. The Balaban J connectivity index is 2.36. The van der Waals surface area contributed by atoms with E-state index in [0.717, 1.165) is 13.0 Å². The second-order valence-corrected chi connectivity index (χ2v) is 3.55. The first-order chi connectivity index (χ1) is 5.14. The van der Waals surface area contributed by atoms with Gasteiger partial charge in [-0.2, -0.15) is 0 Å². The van der Waals surface area contributed by atoms with Gasteiger partial charge >= 0.3 is 0 Å². The van der Waals surface area contributed by atoms with Gasteiger partial charge in [-0.15, -0.1) is 0 Å². The van der Waals surface area contributed by atoms with Crippen LogP contribution in [0.15, 0.2) is 5.11 Å². The molecule has 11 heavy (non-hydrogen) atoms. The predicted octanol–water partition coefficient (Wildman–Crippen LogP) is 2.11. The molecule has 4 heteroatoms. The summed E-state index contributed by atoms with van der Waals surface area (Å²) in [7, 11) is 0. The van der Waals surface area contributed by atoms with Gasteiger partial charge in [-0.1, -0.05) is 5.11 Å². The standard InChI is InChI=1S/C7H13N3O/c1-7(2)3-6(5-11-7)4-9-10-8/h6H,3-5H2,1-2H3. The van der Waals surface area contributed by atoms with E-state index in [2.05, 4.69) is 23.9 Å². The van der Waals surface area contributed by atoms with E-state index >= 15 is 0 Å². The lowest BCUT2D eigenvalue weighted by Gasteiger charge is -2.15. The minimum Gasteiger partial charge on any atom is -0.375 e. The van der Waals surface area contributed by atoms with E-state index in [0.29, 0.717) is 12.5 Å². The zero-order valence-electron chi connectivity index (χ0n) is 6.95. The SMILES string of the molecule is CC1(C)CC(CN=[N+]=[N-])CO1. The molecule has 1 rings (SSSR count). The highest BCUT2D eigenvalue weighted by atomic mass is 16.5. The van der Waals surface area contributed by atoms with Crippen molar-refractivity contribution in [3.8, 4) is 0 Å². The molecule has 1 heterocycles. The van der Waals surface area contributed by atoms with Crippen LogP contribution in [0.5, 0.6) is 0 Å². The summed E-state index contributed by atoms with van der Waals surface area (Å²) < 4.78 is 5.47. The number of azide groups is 1. The summed E-state index contributed by atoms with van der Waals surface area (Å²) in [6, 6.07) is 0. The number of nitrogens with zero attached hydrogens (tertiary/aromatic N) is 3. The highest BCUT2D eigenvalue weighted by Crippen LogP contribution is 2.28. The van der Waals surface area contributed by atoms with Crippen LogP contribution in [0.3, 0.4) is 0 Å². The van der Waals surface area contributed by atoms with Crippen LogP contribution in [0.1, 0.15) is 20.3 Å². The average molecular weight is 155 g/mol. The van der Waals surface area contributed by atoms with Crippen molar-refractivity contribution in [2.45, 2.75) is 25.9 Å². The minimum absolute atomic E-state index is 0.0182. The number of rotatable bonds is 2. The zero-order chi connectivity index (χ0) is 8.32. The van der Waals surface area contributed by atoms with E-state index in [1.54, 1.807) is 0 Å². The van der Waals surface area contributed by atoms with E-state index in [1.165, 1.54) is 0 Å². The van der Waals surface area contributed by atoms with Crippen molar-refractivity contribution in [3.05, 3.63) is 10.4 Å². The fourth-order valence-electron chi connectivity index (χ4n) is 1.43. The third-order valence-corrected chi connectivity index (χ3v) is 1.89. The van der Waals surface area contributed by atoms with Crippen molar-refractivity contribution in [1.82, 2.24) is 0 Å². The maximum absolute atomic E-state index is 8.07. The molecule has 0 aromatic heterocycles. The van der Waals surface area contributed by atoms with Crippen LogP contribution in [-0.4, -0.2) is 18.8 Å². The molecule has 1 saturated heterocycles. The largest absolute Gasteiger partial charge is 0.375 e. The Bertz CT molecular complexity index is 184. The molecule has 1 unspecified atom stereocenters. The Hall–Kier alpha value is -0.730. The van der Waals surface area contributed by atoms with Crippen LogP contribution in [0.2, 0.25) is 0 Å². The lowest BCUT2D eigenvalue weighted by Crippen LogP contribution is -2.16. The first-order valence-electron chi connectivity index (χ1n) is 3.79. The molecule has 1 aliphatic heterocycles. The Morgan fingerprint density at radius 2 is 2.45 bits per heavy atom. The third kappa shape index (κ3) is 2.41. The van der Waals surface area contributed by atoms with Gasteiger partial charge in [-0.3, -0.25) is 0 Å². The van der Waals surface area contributed by atoms with Crippen LogP contribution in [0, 0.1) is 5.92 Å². The molecule has 0 aliphatic carbocycles. The van der Waals surface area contributed by atoms with Crippen molar-refractivity contribution >= 4 is 0 Å². The second-order valence-electron chi connectivity index (χ2n) is 3.55. The van der Waals surface area contributed by atoms with Crippen molar-refractivity contribution in [2.75, 3.05) is 13.2 Å². The first kappa shape index (κ1) is 8.37. The summed E-state index contributed by atoms with van der Waals surface area (Å²) in [4.78, 5) is 2.72. The van der Waals surface area contributed by atoms with Gasteiger partial charge in [0, 0.05) is 11.5 Å². The molecule has 0 aromatic carbocycles. The van der Waals surface area contributed by atoms with Crippen LogP contribution in [0.25, 0.3) is 10.4 Å². The van der Waals surface area contributed by atoms with Crippen molar-refractivity contribution in [1.29, 1.82) is 0 Å². The Kier molecular flexibility index (Phi) is 2.37. The molecule has 1 aliphatic rings. The van der Waals surface area contributed by atoms with Gasteiger partial charge in [-0.05, 0) is 31.7 Å². The maximum Gasteiger partial charge on any atom is 0.0630 e. The summed E-state index contributed by atoms with van der Waals surface area (Å²) in [5, 5.41) is 3.52. The van der Waals surface area contributed by atoms with Crippen molar-refractivity contribution in [3.63, 3.8) is 0 Å². The van der Waals surface area contributed by atoms with Gasteiger partial charge in [0.1, 0.15) is 0 Å². The Labute approximate surface area is 66.2 Å². The molecule has 0 aromatic rings. The molecular formula is C7H13N3O. The summed E-state index contributed by atoms with van der Waals surface area (Å²) >= 11 is 0. The van der Waals surface area contributed by atoms with Gasteiger partial charge in [-0.25, -0.2) is 0 Å². The van der Waals surface area contributed by atoms with E-state index in [1.807, 2.05) is 0 Å². The minimum atomic E-state index is -0.0182. The summed E-state index contributed by atoms with van der Waals surface area (Å²) in [5.41, 5.74) is 8.06. The smallest absolute Gasteiger partial charge is 0.0630 e. The maximum atomic E-state index is 8.07. The van der Waals surface area contributed by atoms with Gasteiger partial charge < -0.3 is 4.74 Å². The van der Waals surface area contributed by atoms with Crippen molar-refractivity contribution < 1.29 is 4.74 Å². The molecule has 0 spiro atoms. The van der Waals surface area contributed by atoms with E-state index in [-0.39, 0.29) is 5.60 Å². The quantitative estimate of drug-likeness (QED) is 0.342. The molecule has 1 fully saturated rings. The Morgan fingerprint density at radius 1 is 1.73 bits per heavy atom. The van der Waals surface area contributed by atoms with E-state index in [9.17, 15) is 0 Å². The van der Waals surface area contributed by atoms with Crippen LogP contribution in [0.4, 0.5) is 0 Å². The van der Waals surface area contributed by atoms with Crippen LogP contribution >= 0.6 is 0 Å². The number of ether oxygens (including phenoxy) is 1. The molecule has 0 N–H and O–H groups in total. The number of hydrogen-bond donors (Lipinski definition) is 0. The third-order valence-electron chi connectivity index (χ3n) is 1.89. The molecule has 4 nitrogen and oxygen atoms in total. The molecular weight excluding hydrogens is 142 g/mol. The lowest BCUT2D eigenvalue weighted by molar-refractivity contribution is 0.0351.